The second-order valence-corrected chi connectivity index (χ2v) is 8.69. The van der Waals surface area contributed by atoms with E-state index in [0.717, 1.165) is 57.5 Å². The van der Waals surface area contributed by atoms with Gasteiger partial charge in [-0.15, -0.1) is 5.10 Å². The molecule has 0 amide bonds. The van der Waals surface area contributed by atoms with Gasteiger partial charge in [0.2, 0.25) is 5.16 Å². The number of hydrogen-bond donors (Lipinski definition) is 1. The average Bonchev–Trinajstić information content (AvgIpc) is 3.15. The highest BCUT2D eigenvalue weighted by atomic mass is 79.9. The number of rotatable bonds is 11. The minimum Gasteiger partial charge on any atom is -0.493 e. The summed E-state index contributed by atoms with van der Waals surface area (Å²) >= 11 is 5.32. The maximum Gasteiger partial charge on any atom is 0.209 e. The minimum atomic E-state index is 0.506. The molecule has 0 bridgehead atoms. The predicted molar refractivity (Wildman–Crippen MR) is 122 cm³/mol. The number of ether oxygens (including phenoxy) is 2. The SMILES string of the molecule is COc1cc(CNCCCSc2nnnn2C)c(Br)cc1OCc1ccccc1C. The van der Waals surface area contributed by atoms with Crippen molar-refractivity contribution in [3.8, 4) is 11.5 Å². The molecule has 0 aliphatic heterocycles. The van der Waals surface area contributed by atoms with E-state index in [9.17, 15) is 0 Å². The third-order valence-corrected chi connectivity index (χ3v) is 6.44. The van der Waals surface area contributed by atoms with Gasteiger partial charge in [0.15, 0.2) is 11.5 Å². The zero-order chi connectivity index (χ0) is 21.3. The quantitative estimate of drug-likeness (QED) is 0.319. The topological polar surface area (TPSA) is 74.1 Å². The van der Waals surface area contributed by atoms with Crippen molar-refractivity contribution in [3.05, 3.63) is 57.6 Å². The van der Waals surface area contributed by atoms with Crippen molar-refractivity contribution < 1.29 is 9.47 Å². The van der Waals surface area contributed by atoms with Crippen LogP contribution in [-0.4, -0.2) is 39.6 Å². The van der Waals surface area contributed by atoms with E-state index in [-0.39, 0.29) is 0 Å². The van der Waals surface area contributed by atoms with Crippen LogP contribution in [0.15, 0.2) is 46.0 Å². The molecule has 2 aromatic carbocycles. The molecule has 0 unspecified atom stereocenters. The van der Waals surface area contributed by atoms with Gasteiger partial charge in [0.05, 0.1) is 7.11 Å². The molecule has 3 rings (SSSR count). The smallest absolute Gasteiger partial charge is 0.209 e. The molecule has 9 heteroatoms. The van der Waals surface area contributed by atoms with Crippen LogP contribution >= 0.6 is 27.7 Å². The Morgan fingerprint density at radius 1 is 1.17 bits per heavy atom. The van der Waals surface area contributed by atoms with E-state index in [1.807, 2.05) is 31.3 Å². The molecule has 0 fully saturated rings. The number of tetrazole rings is 1. The summed E-state index contributed by atoms with van der Waals surface area (Å²) in [7, 11) is 3.51. The number of nitrogens with one attached hydrogen (secondary N) is 1. The average molecular weight is 492 g/mol. The second kappa shape index (κ2) is 11.3. The van der Waals surface area contributed by atoms with Gasteiger partial charge in [0.25, 0.3) is 0 Å². The molecule has 7 nitrogen and oxygen atoms in total. The number of nitrogens with zero attached hydrogens (tertiary/aromatic N) is 4. The van der Waals surface area contributed by atoms with Crippen LogP contribution in [-0.2, 0) is 20.2 Å². The highest BCUT2D eigenvalue weighted by Crippen LogP contribution is 2.34. The van der Waals surface area contributed by atoms with Crippen molar-refractivity contribution in [1.29, 1.82) is 0 Å². The van der Waals surface area contributed by atoms with Crippen molar-refractivity contribution in [2.45, 2.75) is 31.7 Å². The number of halogens is 1. The highest BCUT2D eigenvalue weighted by molar-refractivity contribution is 9.10. The molecule has 0 spiro atoms. The van der Waals surface area contributed by atoms with Crippen LogP contribution in [0, 0.1) is 6.92 Å². The Morgan fingerprint density at radius 3 is 2.73 bits per heavy atom. The lowest BCUT2D eigenvalue weighted by Gasteiger charge is -2.15. The summed E-state index contributed by atoms with van der Waals surface area (Å²) in [5, 5.41) is 15.8. The van der Waals surface area contributed by atoms with E-state index in [4.69, 9.17) is 9.47 Å². The van der Waals surface area contributed by atoms with Gasteiger partial charge in [0.1, 0.15) is 6.61 Å². The summed E-state index contributed by atoms with van der Waals surface area (Å²) in [5.41, 5.74) is 3.50. The van der Waals surface area contributed by atoms with Gasteiger partial charge in [0, 0.05) is 23.8 Å². The second-order valence-electron chi connectivity index (χ2n) is 6.77. The molecule has 30 heavy (non-hydrogen) atoms. The number of aromatic nitrogens is 4. The maximum absolute atomic E-state index is 6.04. The van der Waals surface area contributed by atoms with Crippen LogP contribution < -0.4 is 14.8 Å². The van der Waals surface area contributed by atoms with Crippen LogP contribution in [0.3, 0.4) is 0 Å². The summed E-state index contributed by atoms with van der Waals surface area (Å²) in [6, 6.07) is 12.2. The fraction of sp³-hybridized carbons (Fsp3) is 0.381. The third-order valence-electron chi connectivity index (χ3n) is 4.60. The van der Waals surface area contributed by atoms with E-state index in [1.54, 1.807) is 23.6 Å². The van der Waals surface area contributed by atoms with Crippen molar-refractivity contribution in [2.24, 2.45) is 7.05 Å². The zero-order valence-corrected chi connectivity index (χ0v) is 19.8. The molecule has 1 heterocycles. The standard InChI is InChI=1S/C21H26BrN5O2S/c1-15-7-4-5-8-16(15)14-29-20-12-18(22)17(11-19(20)28-3)13-23-9-6-10-30-21-24-25-26-27(21)2/h4-5,7-8,11-12,23H,6,9-10,13-14H2,1-3H3. The first-order chi connectivity index (χ1) is 14.6. The Bertz CT molecular complexity index is 966. The largest absolute Gasteiger partial charge is 0.493 e. The Hall–Kier alpha value is -2.10. The molecule has 0 aliphatic carbocycles. The van der Waals surface area contributed by atoms with Crippen LogP contribution in [0.25, 0.3) is 0 Å². The molecule has 3 aromatic rings. The van der Waals surface area contributed by atoms with E-state index in [2.05, 4.69) is 55.8 Å². The lowest BCUT2D eigenvalue weighted by atomic mass is 10.1. The molecule has 0 radical (unpaired) electrons. The minimum absolute atomic E-state index is 0.506. The van der Waals surface area contributed by atoms with Crippen molar-refractivity contribution >= 4 is 27.7 Å². The fourth-order valence-electron chi connectivity index (χ4n) is 2.84. The number of thioether (sulfide) groups is 1. The lowest BCUT2D eigenvalue weighted by Crippen LogP contribution is -2.16. The summed E-state index contributed by atoms with van der Waals surface area (Å²) in [4.78, 5) is 0. The summed E-state index contributed by atoms with van der Waals surface area (Å²) in [6.45, 7) is 4.23. The van der Waals surface area contributed by atoms with Crippen molar-refractivity contribution in [1.82, 2.24) is 25.5 Å². The third kappa shape index (κ3) is 6.20. The number of methoxy groups -OCH3 is 1. The Morgan fingerprint density at radius 2 is 2.00 bits per heavy atom. The Kier molecular flexibility index (Phi) is 8.53. The number of benzene rings is 2. The van der Waals surface area contributed by atoms with Gasteiger partial charge < -0.3 is 14.8 Å². The molecule has 1 aromatic heterocycles. The highest BCUT2D eigenvalue weighted by Gasteiger charge is 2.11. The zero-order valence-electron chi connectivity index (χ0n) is 17.4. The van der Waals surface area contributed by atoms with E-state index in [1.165, 1.54) is 5.56 Å². The van der Waals surface area contributed by atoms with Gasteiger partial charge in [-0.3, -0.25) is 0 Å². The molecule has 1 N–H and O–H groups in total. The van der Waals surface area contributed by atoms with E-state index in [0.29, 0.717) is 6.61 Å². The summed E-state index contributed by atoms with van der Waals surface area (Å²) in [5.74, 6) is 2.41. The van der Waals surface area contributed by atoms with E-state index >= 15 is 0 Å². The molecule has 0 aliphatic rings. The first-order valence-electron chi connectivity index (χ1n) is 9.68. The Balaban J connectivity index is 1.49. The van der Waals surface area contributed by atoms with Gasteiger partial charge in [-0.1, -0.05) is 52.0 Å². The van der Waals surface area contributed by atoms with Gasteiger partial charge >= 0.3 is 0 Å². The Labute approximate surface area is 189 Å². The van der Waals surface area contributed by atoms with E-state index < -0.39 is 0 Å². The maximum atomic E-state index is 6.04. The molecule has 160 valence electrons. The van der Waals surface area contributed by atoms with Crippen LogP contribution in [0.5, 0.6) is 11.5 Å². The summed E-state index contributed by atoms with van der Waals surface area (Å²) in [6.07, 6.45) is 1.02. The fourth-order valence-corrected chi connectivity index (χ4v) is 4.09. The number of aryl methyl sites for hydroxylation is 2. The van der Waals surface area contributed by atoms with Crippen molar-refractivity contribution in [3.63, 3.8) is 0 Å². The van der Waals surface area contributed by atoms with Crippen LogP contribution in [0.4, 0.5) is 0 Å². The first-order valence-corrected chi connectivity index (χ1v) is 11.5. The van der Waals surface area contributed by atoms with Gasteiger partial charge in [-0.2, -0.15) is 0 Å². The molecule has 0 saturated carbocycles. The van der Waals surface area contributed by atoms with Crippen LogP contribution in [0.2, 0.25) is 0 Å². The molecular formula is C21H26BrN5O2S. The molecular weight excluding hydrogens is 466 g/mol. The normalized spacial score (nSPS) is 10.9. The lowest BCUT2D eigenvalue weighted by molar-refractivity contribution is 0.283. The summed E-state index contributed by atoms with van der Waals surface area (Å²) < 4.78 is 14.3. The monoisotopic (exact) mass is 491 g/mol. The van der Waals surface area contributed by atoms with Gasteiger partial charge in [-0.25, -0.2) is 4.68 Å². The predicted octanol–water partition coefficient (Wildman–Crippen LogP) is 4.14. The number of hydrogen-bond acceptors (Lipinski definition) is 7. The van der Waals surface area contributed by atoms with Crippen molar-refractivity contribution in [2.75, 3.05) is 19.4 Å². The molecule has 0 saturated heterocycles. The first kappa shape index (κ1) is 22.6. The van der Waals surface area contributed by atoms with Crippen LogP contribution in [0.1, 0.15) is 23.1 Å². The molecule has 0 atom stereocenters. The van der Waals surface area contributed by atoms with Gasteiger partial charge in [-0.05, 0) is 59.1 Å².